The highest BCUT2D eigenvalue weighted by Gasteiger charge is 2.12. The Kier molecular flexibility index (Phi) is 6.41. The van der Waals surface area contributed by atoms with E-state index in [9.17, 15) is 9.90 Å². The van der Waals surface area contributed by atoms with Gasteiger partial charge in [0.1, 0.15) is 28.1 Å². The van der Waals surface area contributed by atoms with Crippen molar-refractivity contribution in [3.63, 3.8) is 0 Å². The summed E-state index contributed by atoms with van der Waals surface area (Å²) in [6.45, 7) is -0.0251. The molecule has 0 radical (unpaired) electrons. The fourth-order valence-corrected chi connectivity index (χ4v) is 2.32. The molecule has 0 saturated carbocycles. The van der Waals surface area contributed by atoms with Crippen molar-refractivity contribution in [3.8, 4) is 5.75 Å². The van der Waals surface area contributed by atoms with Gasteiger partial charge in [0.05, 0.1) is 10.6 Å². The quantitative estimate of drug-likeness (QED) is 0.680. The normalized spacial score (nSPS) is 11.8. The molecule has 5 nitrogen and oxygen atoms in total. The lowest BCUT2D eigenvalue weighted by Crippen LogP contribution is -2.35. The minimum absolute atomic E-state index is 0.0146. The maximum Gasteiger partial charge on any atom is 0.254 e. The molecule has 1 amide bonds. The lowest BCUT2D eigenvalue weighted by atomic mass is 10.2. The number of amides is 1. The molecule has 1 aromatic heterocycles. The van der Waals surface area contributed by atoms with Crippen molar-refractivity contribution in [2.45, 2.75) is 6.10 Å². The number of rotatable bonds is 6. The highest BCUT2D eigenvalue weighted by Crippen LogP contribution is 2.31. The third kappa shape index (κ3) is 4.94. The van der Waals surface area contributed by atoms with Crippen molar-refractivity contribution in [2.24, 2.45) is 0 Å². The molecule has 23 heavy (non-hydrogen) atoms. The second kappa shape index (κ2) is 8.31. The van der Waals surface area contributed by atoms with Crippen molar-refractivity contribution in [3.05, 3.63) is 56.8 Å². The lowest BCUT2D eigenvalue weighted by molar-refractivity contribution is 0.0843. The first kappa shape index (κ1) is 17.7. The monoisotopic (exact) mass is 372 g/mol. The van der Waals surface area contributed by atoms with Gasteiger partial charge in [-0.15, -0.1) is 0 Å². The van der Waals surface area contributed by atoms with E-state index in [0.717, 1.165) is 0 Å². The Labute approximate surface area is 148 Å². The van der Waals surface area contributed by atoms with E-state index in [1.165, 1.54) is 0 Å². The molecule has 0 spiro atoms. The van der Waals surface area contributed by atoms with Crippen LogP contribution in [-0.2, 0) is 0 Å². The summed E-state index contributed by atoms with van der Waals surface area (Å²) in [5.74, 6) is 0.00161. The van der Waals surface area contributed by atoms with Crippen LogP contribution in [0.5, 0.6) is 5.75 Å². The molecule has 0 aliphatic heterocycles. The number of benzene rings is 1. The Morgan fingerprint density at radius 2 is 2.13 bits per heavy atom. The van der Waals surface area contributed by atoms with Crippen LogP contribution in [0.2, 0.25) is 10.0 Å². The molecule has 1 aromatic carbocycles. The van der Waals surface area contributed by atoms with Gasteiger partial charge < -0.3 is 20.1 Å². The molecule has 0 saturated heterocycles. The van der Waals surface area contributed by atoms with Crippen LogP contribution in [-0.4, -0.2) is 35.3 Å². The smallest absolute Gasteiger partial charge is 0.254 e. The number of carbonyl (C=O) groups is 1. The van der Waals surface area contributed by atoms with E-state index in [0.29, 0.717) is 21.0 Å². The fraction of sp³-hybridized carbons (Fsp3) is 0.200. The van der Waals surface area contributed by atoms with Gasteiger partial charge in [0, 0.05) is 12.7 Å². The molecular formula is C15H14Cl2N2O3S. The summed E-state index contributed by atoms with van der Waals surface area (Å²) < 4.78 is 5.73. The molecule has 0 aliphatic rings. The Hall–Kier alpha value is -1.60. The summed E-state index contributed by atoms with van der Waals surface area (Å²) in [4.78, 5) is 14.7. The molecule has 1 atom stereocenters. The number of hydrogen-bond donors (Lipinski definition) is 3. The van der Waals surface area contributed by atoms with Crippen molar-refractivity contribution in [1.82, 2.24) is 10.3 Å². The van der Waals surface area contributed by atoms with Gasteiger partial charge >= 0.3 is 0 Å². The molecule has 2 aromatic rings. The second-order valence-electron chi connectivity index (χ2n) is 4.64. The van der Waals surface area contributed by atoms with E-state index in [4.69, 9.17) is 40.2 Å². The molecule has 0 unspecified atom stereocenters. The first-order valence-electron chi connectivity index (χ1n) is 6.70. The number of H-pyrrole nitrogens is 1. The molecule has 2 rings (SSSR count). The van der Waals surface area contributed by atoms with E-state index in [-0.39, 0.29) is 24.1 Å². The third-order valence-corrected chi connectivity index (χ3v) is 4.05. The molecule has 8 heteroatoms. The van der Waals surface area contributed by atoms with Crippen molar-refractivity contribution in [2.75, 3.05) is 13.2 Å². The topological polar surface area (TPSA) is 74.3 Å². The number of carbonyl (C=O) groups excluding carboxylic acids is 1. The number of aliphatic hydroxyl groups excluding tert-OH is 1. The number of hydrogen-bond acceptors (Lipinski definition) is 4. The van der Waals surface area contributed by atoms with Crippen LogP contribution in [0.25, 0.3) is 0 Å². The van der Waals surface area contributed by atoms with Crippen LogP contribution in [0.1, 0.15) is 10.4 Å². The van der Waals surface area contributed by atoms with Gasteiger partial charge in [-0.25, -0.2) is 0 Å². The van der Waals surface area contributed by atoms with Gasteiger partial charge in [-0.1, -0.05) is 41.5 Å². The predicted octanol–water partition coefficient (Wildman–Crippen LogP) is 3.22. The third-order valence-electron chi connectivity index (χ3n) is 2.91. The predicted molar refractivity (Wildman–Crippen MR) is 91.9 cm³/mol. The minimum atomic E-state index is -0.907. The number of aromatic nitrogens is 1. The maximum atomic E-state index is 12.0. The van der Waals surface area contributed by atoms with Gasteiger partial charge in [0.25, 0.3) is 5.91 Å². The van der Waals surface area contributed by atoms with Crippen molar-refractivity contribution in [1.29, 1.82) is 0 Å². The Balaban J connectivity index is 1.85. The Morgan fingerprint density at radius 1 is 1.35 bits per heavy atom. The van der Waals surface area contributed by atoms with E-state index in [1.54, 1.807) is 36.5 Å². The summed E-state index contributed by atoms with van der Waals surface area (Å²) in [6, 6.07) is 8.24. The number of nitrogens with one attached hydrogen (secondary N) is 2. The average molecular weight is 373 g/mol. The number of aromatic amines is 1. The Bertz CT molecular complexity index is 751. The van der Waals surface area contributed by atoms with E-state index < -0.39 is 6.10 Å². The SMILES string of the molecule is O=C(NC[C@@H](O)COc1cccc(Cl)c1Cl)c1ccc[nH]c1=S. The second-order valence-corrected chi connectivity index (χ2v) is 5.83. The van der Waals surface area contributed by atoms with Crippen LogP contribution < -0.4 is 10.1 Å². The highest BCUT2D eigenvalue weighted by atomic mass is 35.5. The van der Waals surface area contributed by atoms with Crippen molar-refractivity contribution >= 4 is 41.3 Å². The molecule has 3 N–H and O–H groups in total. The van der Waals surface area contributed by atoms with Crippen LogP contribution in [0.3, 0.4) is 0 Å². The average Bonchev–Trinajstić information content (AvgIpc) is 2.54. The molecule has 122 valence electrons. The largest absolute Gasteiger partial charge is 0.489 e. The zero-order valence-electron chi connectivity index (χ0n) is 11.9. The number of halogens is 2. The lowest BCUT2D eigenvalue weighted by Gasteiger charge is -2.14. The van der Waals surface area contributed by atoms with Crippen LogP contribution in [0.4, 0.5) is 0 Å². The van der Waals surface area contributed by atoms with Crippen LogP contribution >= 0.6 is 35.4 Å². The summed E-state index contributed by atoms with van der Waals surface area (Å²) >= 11 is 16.9. The van der Waals surface area contributed by atoms with E-state index >= 15 is 0 Å². The standard InChI is InChI=1S/C15H14Cl2N2O3S/c16-11-4-1-5-12(13(11)17)22-8-9(20)7-19-14(21)10-3-2-6-18-15(10)23/h1-6,9,20H,7-8H2,(H,18,23)(H,19,21)/t9-/m1/s1. The number of aliphatic hydroxyl groups is 1. The minimum Gasteiger partial charge on any atom is -0.489 e. The zero-order valence-corrected chi connectivity index (χ0v) is 14.2. The molecule has 0 aliphatic carbocycles. The zero-order chi connectivity index (χ0) is 16.8. The molecule has 0 bridgehead atoms. The van der Waals surface area contributed by atoms with Crippen molar-refractivity contribution < 1.29 is 14.6 Å². The fourth-order valence-electron chi connectivity index (χ4n) is 1.75. The Morgan fingerprint density at radius 3 is 2.87 bits per heavy atom. The maximum absolute atomic E-state index is 12.0. The van der Waals surface area contributed by atoms with Crippen LogP contribution in [0.15, 0.2) is 36.5 Å². The highest BCUT2D eigenvalue weighted by molar-refractivity contribution is 7.71. The molecule has 1 heterocycles. The molecular weight excluding hydrogens is 359 g/mol. The van der Waals surface area contributed by atoms with Gasteiger partial charge in [-0.05, 0) is 24.3 Å². The summed E-state index contributed by atoms with van der Waals surface area (Å²) in [6.07, 6.45) is 0.728. The summed E-state index contributed by atoms with van der Waals surface area (Å²) in [7, 11) is 0. The molecule has 0 fully saturated rings. The van der Waals surface area contributed by atoms with E-state index in [1.807, 2.05) is 0 Å². The number of ether oxygens (including phenoxy) is 1. The van der Waals surface area contributed by atoms with Gasteiger partial charge in [-0.3, -0.25) is 4.79 Å². The van der Waals surface area contributed by atoms with Crippen LogP contribution in [0, 0.1) is 4.64 Å². The first-order valence-corrected chi connectivity index (χ1v) is 7.86. The van der Waals surface area contributed by atoms with Gasteiger partial charge in [0.2, 0.25) is 0 Å². The first-order chi connectivity index (χ1) is 11.0. The summed E-state index contributed by atoms with van der Waals surface area (Å²) in [5, 5.41) is 13.1. The summed E-state index contributed by atoms with van der Waals surface area (Å²) in [5.41, 5.74) is 0.341. The van der Waals surface area contributed by atoms with Gasteiger partial charge in [-0.2, -0.15) is 0 Å². The number of pyridine rings is 1. The van der Waals surface area contributed by atoms with Gasteiger partial charge in [0.15, 0.2) is 0 Å². The van der Waals surface area contributed by atoms with E-state index in [2.05, 4.69) is 10.3 Å².